The number of carbonyl (C=O) groups excluding carboxylic acids is 1. The molecule has 2 aromatic rings. The number of nitrogens with zero attached hydrogens (tertiary/aromatic N) is 3. The number of carbonyl (C=O) groups is 1. The van der Waals surface area contributed by atoms with Gasteiger partial charge in [0.15, 0.2) is 0 Å². The van der Waals surface area contributed by atoms with Gasteiger partial charge in [0.05, 0.1) is 12.6 Å². The fourth-order valence-corrected chi connectivity index (χ4v) is 1.66. The summed E-state index contributed by atoms with van der Waals surface area (Å²) in [5.74, 6) is -0.372. The summed E-state index contributed by atoms with van der Waals surface area (Å²) in [5, 5.41) is 8.05. The molecule has 1 heterocycles. The Morgan fingerprint density at radius 2 is 2.24 bits per heavy atom. The van der Waals surface area contributed by atoms with Crippen molar-refractivity contribution in [3.8, 4) is 0 Å². The number of benzene rings is 1. The van der Waals surface area contributed by atoms with Gasteiger partial charge in [-0.2, -0.15) is 0 Å². The Morgan fingerprint density at radius 3 is 2.94 bits per heavy atom. The average molecular weight is 231 g/mol. The summed E-state index contributed by atoms with van der Waals surface area (Å²) in [6.07, 6.45) is 3.11. The van der Waals surface area contributed by atoms with E-state index in [1.807, 2.05) is 26.1 Å². The SMILES string of the molecule is COC(=O)/C=C/c1ccc2c(nnn2C)c1C. The van der Waals surface area contributed by atoms with Crippen molar-refractivity contribution in [3.63, 3.8) is 0 Å². The minimum atomic E-state index is -0.372. The molecular weight excluding hydrogens is 218 g/mol. The van der Waals surface area contributed by atoms with Gasteiger partial charge in [-0.1, -0.05) is 11.3 Å². The van der Waals surface area contributed by atoms with E-state index in [2.05, 4.69) is 15.0 Å². The molecule has 88 valence electrons. The Hall–Kier alpha value is -2.17. The van der Waals surface area contributed by atoms with Crippen LogP contribution in [0.3, 0.4) is 0 Å². The van der Waals surface area contributed by atoms with Crippen LogP contribution in [0.4, 0.5) is 0 Å². The Morgan fingerprint density at radius 1 is 1.47 bits per heavy atom. The van der Waals surface area contributed by atoms with Crippen LogP contribution in [0.25, 0.3) is 17.1 Å². The highest BCUT2D eigenvalue weighted by molar-refractivity contribution is 5.89. The number of aryl methyl sites for hydroxylation is 2. The van der Waals surface area contributed by atoms with E-state index in [1.54, 1.807) is 10.8 Å². The van der Waals surface area contributed by atoms with Crippen LogP contribution in [0.1, 0.15) is 11.1 Å². The van der Waals surface area contributed by atoms with Crippen molar-refractivity contribution in [2.45, 2.75) is 6.92 Å². The number of methoxy groups -OCH3 is 1. The number of esters is 1. The van der Waals surface area contributed by atoms with Crippen molar-refractivity contribution in [1.29, 1.82) is 0 Å². The third-order valence-corrected chi connectivity index (χ3v) is 2.68. The molecule has 0 radical (unpaired) electrons. The first-order valence-corrected chi connectivity index (χ1v) is 5.18. The van der Waals surface area contributed by atoms with Crippen LogP contribution in [-0.2, 0) is 16.6 Å². The Bertz CT molecular complexity index is 599. The van der Waals surface area contributed by atoms with Gasteiger partial charge in [-0.25, -0.2) is 9.48 Å². The predicted molar refractivity (Wildman–Crippen MR) is 64.3 cm³/mol. The van der Waals surface area contributed by atoms with Crippen LogP contribution in [-0.4, -0.2) is 28.1 Å². The zero-order valence-corrected chi connectivity index (χ0v) is 9.97. The number of rotatable bonds is 2. The molecule has 2 rings (SSSR count). The smallest absolute Gasteiger partial charge is 0.330 e. The molecular formula is C12H13N3O2. The van der Waals surface area contributed by atoms with Crippen LogP contribution < -0.4 is 0 Å². The van der Waals surface area contributed by atoms with Crippen molar-refractivity contribution in [3.05, 3.63) is 29.3 Å². The van der Waals surface area contributed by atoms with Gasteiger partial charge in [-0.15, -0.1) is 5.10 Å². The quantitative estimate of drug-likeness (QED) is 0.580. The highest BCUT2D eigenvalue weighted by Gasteiger charge is 2.06. The second kappa shape index (κ2) is 4.37. The van der Waals surface area contributed by atoms with Crippen molar-refractivity contribution >= 4 is 23.1 Å². The summed E-state index contributed by atoms with van der Waals surface area (Å²) in [4.78, 5) is 11.0. The molecule has 17 heavy (non-hydrogen) atoms. The molecule has 5 heteroatoms. The second-order valence-corrected chi connectivity index (χ2v) is 3.72. The van der Waals surface area contributed by atoms with Gasteiger partial charge in [0.2, 0.25) is 0 Å². The molecule has 0 aliphatic heterocycles. The van der Waals surface area contributed by atoms with Gasteiger partial charge in [0.1, 0.15) is 5.52 Å². The number of aromatic nitrogens is 3. The predicted octanol–water partition coefficient (Wildman–Crippen LogP) is 1.46. The number of hydrogen-bond donors (Lipinski definition) is 0. The monoisotopic (exact) mass is 231 g/mol. The summed E-state index contributed by atoms with van der Waals surface area (Å²) in [6, 6.07) is 3.86. The van der Waals surface area contributed by atoms with Crippen molar-refractivity contribution in [1.82, 2.24) is 15.0 Å². The third kappa shape index (κ3) is 2.04. The second-order valence-electron chi connectivity index (χ2n) is 3.72. The van der Waals surface area contributed by atoms with Gasteiger partial charge in [0.25, 0.3) is 0 Å². The standard InChI is InChI=1S/C12H13N3O2/c1-8-9(5-7-11(16)17-3)4-6-10-12(8)13-14-15(10)2/h4-7H,1-3H3/b7-5+. The molecule has 0 spiro atoms. The number of ether oxygens (including phenoxy) is 1. The maximum atomic E-state index is 11.0. The van der Waals surface area contributed by atoms with Gasteiger partial charge in [0, 0.05) is 13.1 Å². The minimum Gasteiger partial charge on any atom is -0.466 e. The Labute approximate surface area is 98.7 Å². The Balaban J connectivity index is 2.46. The van der Waals surface area contributed by atoms with E-state index in [0.717, 1.165) is 22.2 Å². The largest absolute Gasteiger partial charge is 0.466 e. The van der Waals surface area contributed by atoms with Gasteiger partial charge in [-0.3, -0.25) is 0 Å². The highest BCUT2D eigenvalue weighted by Crippen LogP contribution is 2.20. The van der Waals surface area contributed by atoms with Gasteiger partial charge < -0.3 is 4.74 Å². The van der Waals surface area contributed by atoms with E-state index in [9.17, 15) is 4.79 Å². The maximum absolute atomic E-state index is 11.0. The normalized spacial score (nSPS) is 11.2. The van der Waals surface area contributed by atoms with Crippen LogP contribution >= 0.6 is 0 Å². The molecule has 1 aromatic heterocycles. The van der Waals surface area contributed by atoms with E-state index >= 15 is 0 Å². The molecule has 0 fully saturated rings. The first kappa shape index (κ1) is 11.3. The van der Waals surface area contributed by atoms with Gasteiger partial charge in [-0.05, 0) is 30.2 Å². The molecule has 0 bridgehead atoms. The molecule has 0 unspecified atom stereocenters. The van der Waals surface area contributed by atoms with Crippen LogP contribution in [0.15, 0.2) is 18.2 Å². The lowest BCUT2D eigenvalue weighted by atomic mass is 10.1. The topological polar surface area (TPSA) is 57.0 Å². The van der Waals surface area contributed by atoms with Crippen molar-refractivity contribution < 1.29 is 9.53 Å². The molecule has 0 atom stereocenters. The molecule has 0 aliphatic rings. The molecule has 0 N–H and O–H groups in total. The van der Waals surface area contributed by atoms with Crippen LogP contribution in [0, 0.1) is 6.92 Å². The zero-order valence-electron chi connectivity index (χ0n) is 9.97. The molecule has 5 nitrogen and oxygen atoms in total. The highest BCUT2D eigenvalue weighted by atomic mass is 16.5. The number of fused-ring (bicyclic) bond motifs is 1. The zero-order chi connectivity index (χ0) is 12.4. The fourth-order valence-electron chi connectivity index (χ4n) is 1.66. The van der Waals surface area contributed by atoms with E-state index in [4.69, 9.17) is 0 Å². The number of hydrogen-bond acceptors (Lipinski definition) is 4. The van der Waals surface area contributed by atoms with Crippen LogP contribution in [0.5, 0.6) is 0 Å². The lowest BCUT2D eigenvalue weighted by Gasteiger charge is -2.01. The fraction of sp³-hybridized carbons (Fsp3) is 0.250. The van der Waals surface area contributed by atoms with E-state index in [-0.39, 0.29) is 5.97 Å². The molecule has 1 aromatic carbocycles. The Kier molecular flexibility index (Phi) is 2.91. The summed E-state index contributed by atoms with van der Waals surface area (Å²) in [5.41, 5.74) is 3.75. The molecule has 0 aliphatic carbocycles. The van der Waals surface area contributed by atoms with E-state index in [0.29, 0.717) is 0 Å². The molecule has 0 amide bonds. The summed E-state index contributed by atoms with van der Waals surface area (Å²) in [6.45, 7) is 1.95. The van der Waals surface area contributed by atoms with Crippen molar-refractivity contribution in [2.24, 2.45) is 7.05 Å². The lowest BCUT2D eigenvalue weighted by molar-refractivity contribution is -0.134. The summed E-state index contributed by atoms with van der Waals surface area (Å²) >= 11 is 0. The summed E-state index contributed by atoms with van der Waals surface area (Å²) in [7, 11) is 3.20. The minimum absolute atomic E-state index is 0.372. The van der Waals surface area contributed by atoms with Gasteiger partial charge >= 0.3 is 5.97 Å². The molecule has 0 saturated heterocycles. The van der Waals surface area contributed by atoms with E-state index in [1.165, 1.54) is 13.2 Å². The summed E-state index contributed by atoms with van der Waals surface area (Å²) < 4.78 is 6.26. The first-order chi connectivity index (χ1) is 8.13. The maximum Gasteiger partial charge on any atom is 0.330 e. The lowest BCUT2D eigenvalue weighted by Crippen LogP contribution is -1.94. The van der Waals surface area contributed by atoms with Crippen LogP contribution in [0.2, 0.25) is 0 Å². The first-order valence-electron chi connectivity index (χ1n) is 5.18. The third-order valence-electron chi connectivity index (χ3n) is 2.68. The average Bonchev–Trinajstić information content (AvgIpc) is 2.71. The van der Waals surface area contributed by atoms with Crippen molar-refractivity contribution in [2.75, 3.05) is 7.11 Å². The van der Waals surface area contributed by atoms with E-state index < -0.39 is 0 Å². The molecule has 0 saturated carbocycles.